The van der Waals surface area contributed by atoms with Crippen LogP contribution in [0.2, 0.25) is 0 Å². The van der Waals surface area contributed by atoms with E-state index in [1.165, 1.54) is 19.3 Å². The summed E-state index contributed by atoms with van der Waals surface area (Å²) in [6.45, 7) is 9.67. The zero-order chi connectivity index (χ0) is 16.9. The zero-order valence-corrected chi connectivity index (χ0v) is 15.2. The molecule has 3 heteroatoms. The van der Waals surface area contributed by atoms with E-state index in [4.69, 9.17) is 4.74 Å². The second kappa shape index (κ2) is 5.61. The van der Waals surface area contributed by atoms with Gasteiger partial charge < -0.3 is 9.84 Å². The van der Waals surface area contributed by atoms with Crippen molar-refractivity contribution in [2.24, 2.45) is 22.7 Å². The van der Waals surface area contributed by atoms with Gasteiger partial charge in [0.05, 0.1) is 5.60 Å². The molecule has 2 saturated carbocycles. The van der Waals surface area contributed by atoms with Crippen LogP contribution in [0.15, 0.2) is 11.6 Å². The molecule has 0 radical (unpaired) electrons. The van der Waals surface area contributed by atoms with Crippen LogP contribution in [0.1, 0.15) is 72.6 Å². The number of aliphatic hydroxyl groups is 1. The Hall–Kier alpha value is -0.830. The molecule has 23 heavy (non-hydrogen) atoms. The van der Waals surface area contributed by atoms with Crippen LogP contribution in [0, 0.1) is 22.7 Å². The van der Waals surface area contributed by atoms with Gasteiger partial charge in [-0.1, -0.05) is 34.1 Å². The third-order valence-corrected chi connectivity index (χ3v) is 7.50. The smallest absolute Gasteiger partial charge is 0.334 e. The molecule has 0 bridgehead atoms. The average Bonchev–Trinajstić information content (AvgIpc) is 2.87. The van der Waals surface area contributed by atoms with Gasteiger partial charge in [0.15, 0.2) is 0 Å². The van der Waals surface area contributed by atoms with Gasteiger partial charge in [0, 0.05) is 5.57 Å². The quantitative estimate of drug-likeness (QED) is 0.791. The van der Waals surface area contributed by atoms with E-state index < -0.39 is 5.60 Å². The predicted octanol–water partition coefficient (Wildman–Crippen LogP) is 4.24. The molecule has 1 aliphatic heterocycles. The highest BCUT2D eigenvalue weighted by Crippen LogP contribution is 2.63. The van der Waals surface area contributed by atoms with Crippen molar-refractivity contribution in [2.75, 3.05) is 6.61 Å². The van der Waals surface area contributed by atoms with Crippen molar-refractivity contribution >= 4 is 5.97 Å². The Labute approximate surface area is 140 Å². The summed E-state index contributed by atoms with van der Waals surface area (Å²) < 4.78 is 5.02. The third kappa shape index (κ3) is 2.56. The van der Waals surface area contributed by atoms with E-state index in [9.17, 15) is 9.90 Å². The first-order valence-electron chi connectivity index (χ1n) is 9.29. The summed E-state index contributed by atoms with van der Waals surface area (Å²) in [5.74, 6) is 0.660. The lowest BCUT2D eigenvalue weighted by Gasteiger charge is -2.63. The van der Waals surface area contributed by atoms with Gasteiger partial charge in [-0.05, 0) is 67.3 Å². The lowest BCUT2D eigenvalue weighted by atomic mass is 9.44. The van der Waals surface area contributed by atoms with Crippen LogP contribution in [-0.2, 0) is 9.53 Å². The first-order chi connectivity index (χ1) is 10.7. The maximum Gasteiger partial charge on any atom is 0.334 e. The van der Waals surface area contributed by atoms with Gasteiger partial charge in [0.25, 0.3) is 0 Å². The minimum absolute atomic E-state index is 0.0461. The van der Waals surface area contributed by atoms with Crippen LogP contribution in [0.4, 0.5) is 0 Å². The average molecular weight is 320 g/mol. The van der Waals surface area contributed by atoms with E-state index in [0.29, 0.717) is 30.8 Å². The Morgan fingerprint density at radius 3 is 2.65 bits per heavy atom. The van der Waals surface area contributed by atoms with Crippen molar-refractivity contribution in [3.05, 3.63) is 11.6 Å². The molecule has 130 valence electrons. The summed E-state index contributed by atoms with van der Waals surface area (Å²) in [6, 6.07) is 0. The fourth-order valence-corrected chi connectivity index (χ4v) is 6.02. The number of hydrogen-bond donors (Lipinski definition) is 1. The van der Waals surface area contributed by atoms with Crippen molar-refractivity contribution in [1.29, 1.82) is 0 Å². The molecule has 0 saturated heterocycles. The maximum atomic E-state index is 11.8. The molecule has 1 unspecified atom stereocenters. The van der Waals surface area contributed by atoms with Crippen LogP contribution in [-0.4, -0.2) is 23.3 Å². The number of carbonyl (C=O) groups is 1. The summed E-state index contributed by atoms with van der Waals surface area (Å²) in [5.41, 5.74) is 0.325. The summed E-state index contributed by atoms with van der Waals surface area (Å²) in [5, 5.41) is 11.8. The molecular formula is C20H32O3. The number of hydrogen-bond acceptors (Lipinski definition) is 3. The topological polar surface area (TPSA) is 46.5 Å². The Balaban J connectivity index is 1.86. The zero-order valence-electron chi connectivity index (χ0n) is 15.2. The number of ether oxygens (including phenoxy) is 1. The first-order valence-corrected chi connectivity index (χ1v) is 9.29. The van der Waals surface area contributed by atoms with Gasteiger partial charge in [-0.2, -0.15) is 0 Å². The number of esters is 1. The summed E-state index contributed by atoms with van der Waals surface area (Å²) in [4.78, 5) is 11.7. The van der Waals surface area contributed by atoms with Gasteiger partial charge in [0.2, 0.25) is 0 Å². The number of carbonyl (C=O) groups excluding carboxylic acids is 1. The molecule has 3 aliphatic rings. The number of cyclic esters (lactones) is 1. The Bertz CT molecular complexity index is 521. The van der Waals surface area contributed by atoms with E-state index in [2.05, 4.69) is 27.7 Å². The van der Waals surface area contributed by atoms with Gasteiger partial charge in [0.1, 0.15) is 6.61 Å². The highest BCUT2D eigenvalue weighted by Gasteiger charge is 2.60. The number of rotatable bonds is 3. The van der Waals surface area contributed by atoms with Crippen molar-refractivity contribution in [3.8, 4) is 0 Å². The van der Waals surface area contributed by atoms with Crippen LogP contribution < -0.4 is 0 Å². The molecule has 0 aromatic heterocycles. The fourth-order valence-electron chi connectivity index (χ4n) is 6.02. The van der Waals surface area contributed by atoms with Gasteiger partial charge in [-0.25, -0.2) is 4.79 Å². The number of fused-ring (bicyclic) bond motifs is 1. The molecule has 3 nitrogen and oxygen atoms in total. The largest absolute Gasteiger partial charge is 0.458 e. The van der Waals surface area contributed by atoms with E-state index in [1.54, 1.807) is 0 Å². The maximum absolute atomic E-state index is 11.8. The van der Waals surface area contributed by atoms with Gasteiger partial charge in [-0.3, -0.25) is 0 Å². The Kier molecular flexibility index (Phi) is 4.15. The third-order valence-electron chi connectivity index (χ3n) is 7.50. The van der Waals surface area contributed by atoms with Gasteiger partial charge >= 0.3 is 5.97 Å². The van der Waals surface area contributed by atoms with Gasteiger partial charge in [-0.15, -0.1) is 0 Å². The van der Waals surface area contributed by atoms with E-state index >= 15 is 0 Å². The van der Waals surface area contributed by atoms with E-state index in [-0.39, 0.29) is 17.3 Å². The van der Waals surface area contributed by atoms with Crippen molar-refractivity contribution in [1.82, 2.24) is 0 Å². The molecule has 3 rings (SSSR count). The minimum Gasteiger partial charge on any atom is -0.458 e. The van der Waals surface area contributed by atoms with E-state index in [0.717, 1.165) is 18.4 Å². The monoisotopic (exact) mass is 320 g/mol. The molecule has 4 atom stereocenters. The Morgan fingerprint density at radius 1 is 1.26 bits per heavy atom. The predicted molar refractivity (Wildman–Crippen MR) is 90.9 cm³/mol. The lowest BCUT2D eigenvalue weighted by Crippen LogP contribution is -2.62. The molecular weight excluding hydrogens is 288 g/mol. The van der Waals surface area contributed by atoms with E-state index in [1.807, 2.05) is 6.08 Å². The highest BCUT2D eigenvalue weighted by molar-refractivity contribution is 5.90. The van der Waals surface area contributed by atoms with Crippen LogP contribution >= 0.6 is 0 Å². The lowest BCUT2D eigenvalue weighted by molar-refractivity contribution is -0.211. The SMILES string of the molecule is C[C@@H]1CCC2C(C)(C)CCC[C@]2(C)[C@@]1(O)CCC1=CCOC1=O. The van der Waals surface area contributed by atoms with Crippen LogP contribution in [0.25, 0.3) is 0 Å². The normalized spacial score (nSPS) is 42.8. The molecule has 1 heterocycles. The molecule has 0 spiro atoms. The Morgan fingerprint density at radius 2 is 2.00 bits per heavy atom. The second-order valence-electron chi connectivity index (χ2n) is 9.04. The molecule has 0 aromatic rings. The van der Waals surface area contributed by atoms with Crippen LogP contribution in [0.3, 0.4) is 0 Å². The van der Waals surface area contributed by atoms with Crippen LogP contribution in [0.5, 0.6) is 0 Å². The van der Waals surface area contributed by atoms with Crippen molar-refractivity contribution < 1.29 is 14.6 Å². The fraction of sp³-hybridized carbons (Fsp3) is 0.850. The minimum atomic E-state index is -0.683. The standard InChI is InChI=1S/C20H32O3/c1-14-6-7-16-18(2,3)10-5-11-19(16,4)20(14,22)12-8-15-9-13-23-17(15)21/h9,14,16,22H,5-8,10-13H2,1-4H3/t14-,16?,19+,20-/m1/s1. The molecule has 1 N–H and O–H groups in total. The highest BCUT2D eigenvalue weighted by atomic mass is 16.5. The first kappa shape index (κ1) is 17.0. The molecule has 0 aromatic carbocycles. The molecule has 0 amide bonds. The summed E-state index contributed by atoms with van der Waals surface area (Å²) >= 11 is 0. The summed E-state index contributed by atoms with van der Waals surface area (Å²) in [7, 11) is 0. The van der Waals surface area contributed by atoms with Crippen molar-refractivity contribution in [3.63, 3.8) is 0 Å². The molecule has 2 aliphatic carbocycles. The summed E-state index contributed by atoms with van der Waals surface area (Å²) in [6.07, 6.45) is 9.06. The van der Waals surface area contributed by atoms with Crippen molar-refractivity contribution in [2.45, 2.75) is 78.2 Å². The molecule has 2 fully saturated rings. The second-order valence-corrected chi connectivity index (χ2v) is 9.04.